The number of benzene rings is 2. The van der Waals surface area contributed by atoms with Gasteiger partial charge >= 0.3 is 6.03 Å². The van der Waals surface area contributed by atoms with E-state index in [2.05, 4.69) is 31.8 Å². The Kier molecular flexibility index (Phi) is 5.36. The van der Waals surface area contributed by atoms with Gasteiger partial charge in [-0.25, -0.2) is 10.2 Å². The molecule has 0 saturated heterocycles. The highest BCUT2D eigenvalue weighted by atomic mass is 79.9. The van der Waals surface area contributed by atoms with E-state index >= 15 is 0 Å². The molecule has 0 unspecified atom stereocenters. The van der Waals surface area contributed by atoms with Crippen LogP contribution in [0, 0.1) is 0 Å². The Bertz CT molecular complexity index is 671. The van der Waals surface area contributed by atoms with Gasteiger partial charge in [-0.3, -0.25) is 0 Å². The quantitative estimate of drug-likeness (QED) is 0.603. The number of nitrogens with one attached hydrogen (secondary N) is 2. The fourth-order valence-electron chi connectivity index (χ4n) is 1.64. The average Bonchev–Trinajstić information content (AvgIpc) is 2.48. The predicted molar refractivity (Wildman–Crippen MR) is 90.0 cm³/mol. The largest absolute Gasteiger partial charge is 0.339 e. The number of anilines is 1. The van der Waals surface area contributed by atoms with Crippen LogP contribution in [0.4, 0.5) is 10.5 Å². The minimum Gasteiger partial charge on any atom is -0.307 e. The van der Waals surface area contributed by atoms with Crippen molar-refractivity contribution in [2.75, 3.05) is 5.32 Å². The highest BCUT2D eigenvalue weighted by Crippen LogP contribution is 2.16. The number of hydrogen-bond donors (Lipinski definition) is 2. The second-order valence-corrected chi connectivity index (χ2v) is 5.54. The Morgan fingerprint density at radius 1 is 1.14 bits per heavy atom. The third kappa shape index (κ3) is 4.58. The number of urea groups is 1. The summed E-state index contributed by atoms with van der Waals surface area (Å²) < 4.78 is 0.922. The maximum atomic E-state index is 11.7. The molecule has 6 heteroatoms. The van der Waals surface area contributed by atoms with Crippen molar-refractivity contribution in [3.05, 3.63) is 63.6 Å². The van der Waals surface area contributed by atoms with Crippen molar-refractivity contribution in [2.24, 2.45) is 5.10 Å². The molecule has 0 heterocycles. The second kappa shape index (κ2) is 7.24. The van der Waals surface area contributed by atoms with Crippen LogP contribution in [-0.2, 0) is 0 Å². The molecule has 2 aromatic carbocycles. The first-order chi connectivity index (χ1) is 10.1. The number of carbonyl (C=O) groups excluding carboxylic acids is 1. The van der Waals surface area contributed by atoms with E-state index in [1.807, 2.05) is 31.2 Å². The molecule has 108 valence electrons. The van der Waals surface area contributed by atoms with Crippen molar-refractivity contribution < 1.29 is 4.79 Å². The van der Waals surface area contributed by atoms with Gasteiger partial charge in [0.15, 0.2) is 0 Å². The summed E-state index contributed by atoms with van der Waals surface area (Å²) in [5.41, 5.74) is 4.72. The summed E-state index contributed by atoms with van der Waals surface area (Å²) in [5, 5.41) is 7.35. The van der Waals surface area contributed by atoms with Crippen LogP contribution in [0.5, 0.6) is 0 Å². The summed E-state index contributed by atoms with van der Waals surface area (Å²) in [6.07, 6.45) is 0. The maximum Gasteiger partial charge on any atom is 0.339 e. The summed E-state index contributed by atoms with van der Waals surface area (Å²) >= 11 is 9.22. The van der Waals surface area contributed by atoms with Gasteiger partial charge in [-0.1, -0.05) is 45.7 Å². The molecular formula is C15H13BrClN3O. The molecule has 0 aromatic heterocycles. The van der Waals surface area contributed by atoms with Crippen molar-refractivity contribution in [3.8, 4) is 0 Å². The number of nitrogens with zero attached hydrogens (tertiary/aromatic N) is 1. The second-order valence-electron chi connectivity index (χ2n) is 4.25. The molecule has 0 spiro atoms. The van der Waals surface area contributed by atoms with E-state index in [1.165, 1.54) is 0 Å². The van der Waals surface area contributed by atoms with Crippen LogP contribution in [0.25, 0.3) is 0 Å². The van der Waals surface area contributed by atoms with Gasteiger partial charge < -0.3 is 5.32 Å². The number of amides is 2. The Morgan fingerprint density at radius 3 is 2.48 bits per heavy atom. The monoisotopic (exact) mass is 365 g/mol. The van der Waals surface area contributed by atoms with Gasteiger partial charge in [0.25, 0.3) is 0 Å². The van der Waals surface area contributed by atoms with Crippen LogP contribution in [0.2, 0.25) is 5.02 Å². The van der Waals surface area contributed by atoms with Gasteiger partial charge in [0.05, 0.1) is 5.71 Å². The topological polar surface area (TPSA) is 53.5 Å². The smallest absolute Gasteiger partial charge is 0.307 e. The molecule has 0 saturated carbocycles. The van der Waals surface area contributed by atoms with Gasteiger partial charge in [0.1, 0.15) is 0 Å². The summed E-state index contributed by atoms with van der Waals surface area (Å²) in [6.45, 7) is 1.82. The molecule has 0 fully saturated rings. The molecule has 21 heavy (non-hydrogen) atoms. The Balaban J connectivity index is 1.98. The summed E-state index contributed by atoms with van der Waals surface area (Å²) in [7, 11) is 0. The Hall–Kier alpha value is -1.85. The first kappa shape index (κ1) is 15.5. The number of rotatable bonds is 3. The summed E-state index contributed by atoms with van der Waals surface area (Å²) in [5.74, 6) is 0. The van der Waals surface area contributed by atoms with Crippen LogP contribution < -0.4 is 10.7 Å². The minimum atomic E-state index is -0.413. The predicted octanol–water partition coefficient (Wildman–Crippen LogP) is 4.65. The summed E-state index contributed by atoms with van der Waals surface area (Å²) in [6, 6.07) is 14.1. The third-order valence-corrected chi connectivity index (χ3v) is 3.63. The van der Waals surface area contributed by atoms with Crippen molar-refractivity contribution in [3.63, 3.8) is 0 Å². The lowest BCUT2D eigenvalue weighted by Gasteiger charge is -2.06. The number of hydrogen-bond acceptors (Lipinski definition) is 2. The molecular weight excluding hydrogens is 354 g/mol. The van der Waals surface area contributed by atoms with E-state index in [0.717, 1.165) is 10.0 Å². The average molecular weight is 367 g/mol. The van der Waals surface area contributed by atoms with Gasteiger partial charge in [-0.05, 0) is 37.3 Å². The zero-order valence-electron chi connectivity index (χ0n) is 11.2. The Labute approximate surface area is 136 Å². The minimum absolute atomic E-state index is 0.413. The molecule has 0 atom stereocenters. The first-order valence-corrected chi connectivity index (χ1v) is 7.35. The molecule has 0 aliphatic rings. The van der Waals surface area contributed by atoms with Gasteiger partial charge in [-0.2, -0.15) is 5.10 Å². The molecule has 2 aromatic rings. The van der Waals surface area contributed by atoms with E-state index in [-0.39, 0.29) is 0 Å². The van der Waals surface area contributed by atoms with E-state index in [9.17, 15) is 4.79 Å². The highest BCUT2D eigenvalue weighted by molar-refractivity contribution is 9.10. The maximum absolute atomic E-state index is 11.7. The summed E-state index contributed by atoms with van der Waals surface area (Å²) in [4.78, 5) is 11.7. The highest BCUT2D eigenvalue weighted by Gasteiger charge is 2.04. The van der Waals surface area contributed by atoms with Crippen molar-refractivity contribution >= 4 is 45.0 Å². The lowest BCUT2D eigenvalue weighted by molar-refractivity contribution is 0.252. The van der Waals surface area contributed by atoms with Crippen LogP contribution in [-0.4, -0.2) is 11.7 Å². The molecule has 0 aliphatic heterocycles. The Morgan fingerprint density at radius 2 is 1.81 bits per heavy atom. The van der Waals surface area contributed by atoms with E-state index in [0.29, 0.717) is 16.4 Å². The molecule has 2 rings (SSSR count). The number of halogens is 2. The van der Waals surface area contributed by atoms with Gasteiger partial charge in [0, 0.05) is 20.7 Å². The molecule has 2 N–H and O–H groups in total. The lowest BCUT2D eigenvalue weighted by Crippen LogP contribution is -2.25. The van der Waals surface area contributed by atoms with E-state index in [4.69, 9.17) is 11.6 Å². The van der Waals surface area contributed by atoms with Gasteiger partial charge in [-0.15, -0.1) is 0 Å². The standard InChI is InChI=1S/C15H13BrClN3O/c1-10(13-4-2-3-5-14(13)16)19-20-15(21)18-12-8-6-11(17)7-9-12/h2-9H,1H3,(H2,18,20,21)/b19-10+. The molecule has 4 nitrogen and oxygen atoms in total. The SMILES string of the molecule is C/C(=N\NC(=O)Nc1ccc(Cl)cc1)c1ccccc1Br. The zero-order chi connectivity index (χ0) is 15.2. The van der Waals surface area contributed by atoms with E-state index < -0.39 is 6.03 Å². The third-order valence-electron chi connectivity index (χ3n) is 2.69. The van der Waals surface area contributed by atoms with Crippen molar-refractivity contribution in [1.82, 2.24) is 5.43 Å². The fourth-order valence-corrected chi connectivity index (χ4v) is 2.34. The number of carbonyl (C=O) groups is 1. The number of hydrazone groups is 1. The fraction of sp³-hybridized carbons (Fsp3) is 0.0667. The molecule has 0 bridgehead atoms. The zero-order valence-corrected chi connectivity index (χ0v) is 13.6. The van der Waals surface area contributed by atoms with Crippen LogP contribution in [0.15, 0.2) is 58.1 Å². The molecule has 2 amide bonds. The van der Waals surface area contributed by atoms with Crippen LogP contribution in [0.1, 0.15) is 12.5 Å². The van der Waals surface area contributed by atoms with Gasteiger partial charge in [0.2, 0.25) is 0 Å². The van der Waals surface area contributed by atoms with Crippen LogP contribution in [0.3, 0.4) is 0 Å². The molecule has 0 radical (unpaired) electrons. The van der Waals surface area contributed by atoms with Crippen molar-refractivity contribution in [2.45, 2.75) is 6.92 Å². The molecule has 0 aliphatic carbocycles. The van der Waals surface area contributed by atoms with Crippen molar-refractivity contribution in [1.29, 1.82) is 0 Å². The van der Waals surface area contributed by atoms with Crippen LogP contribution >= 0.6 is 27.5 Å². The first-order valence-electron chi connectivity index (χ1n) is 6.18. The van der Waals surface area contributed by atoms with E-state index in [1.54, 1.807) is 24.3 Å². The normalized spacial score (nSPS) is 11.1. The lowest BCUT2D eigenvalue weighted by atomic mass is 10.1.